The van der Waals surface area contributed by atoms with Crippen LogP contribution in [0.5, 0.6) is 0 Å². The van der Waals surface area contributed by atoms with Gasteiger partial charge in [-0.1, -0.05) is 18.2 Å². The molecule has 0 unspecified atom stereocenters. The number of aryl methyl sites for hydroxylation is 1. The third kappa shape index (κ3) is 3.23. The maximum absolute atomic E-state index is 13.8. The van der Waals surface area contributed by atoms with Crippen molar-refractivity contribution in [1.82, 2.24) is 9.88 Å². The molecule has 0 spiro atoms. The first-order valence-electron chi connectivity index (χ1n) is 7.95. The SMILES string of the molecule is Cc1cnccc1N1CCN(C(=O)[C@@H](O)c2ccccc2F)CC1. The van der Waals surface area contributed by atoms with Gasteiger partial charge in [0, 0.05) is 49.8 Å². The van der Waals surface area contributed by atoms with Crippen molar-refractivity contribution in [3.8, 4) is 0 Å². The van der Waals surface area contributed by atoms with Crippen LogP contribution in [0.25, 0.3) is 0 Å². The monoisotopic (exact) mass is 329 g/mol. The first kappa shape index (κ1) is 16.4. The minimum atomic E-state index is -1.46. The Morgan fingerprint density at radius 1 is 1.21 bits per heavy atom. The van der Waals surface area contributed by atoms with E-state index in [2.05, 4.69) is 9.88 Å². The average Bonchev–Trinajstić information content (AvgIpc) is 2.61. The fourth-order valence-corrected chi connectivity index (χ4v) is 2.99. The number of benzene rings is 1. The molecule has 1 amide bonds. The lowest BCUT2D eigenvalue weighted by Gasteiger charge is -2.37. The second-order valence-electron chi connectivity index (χ2n) is 5.90. The van der Waals surface area contributed by atoms with Crippen LogP contribution in [0.1, 0.15) is 17.2 Å². The molecule has 0 saturated carbocycles. The summed E-state index contributed by atoms with van der Waals surface area (Å²) in [5.41, 5.74) is 2.21. The number of rotatable bonds is 3. The molecule has 2 aromatic rings. The van der Waals surface area contributed by atoms with E-state index in [4.69, 9.17) is 0 Å². The summed E-state index contributed by atoms with van der Waals surface area (Å²) in [6.45, 7) is 4.32. The summed E-state index contributed by atoms with van der Waals surface area (Å²) in [5.74, 6) is -1.02. The highest BCUT2D eigenvalue weighted by Gasteiger charge is 2.28. The highest BCUT2D eigenvalue weighted by molar-refractivity contribution is 5.82. The minimum absolute atomic E-state index is 0.0231. The van der Waals surface area contributed by atoms with Crippen LogP contribution < -0.4 is 4.90 Å². The van der Waals surface area contributed by atoms with Gasteiger partial charge in [0.25, 0.3) is 5.91 Å². The van der Waals surface area contributed by atoms with Crippen molar-refractivity contribution in [3.63, 3.8) is 0 Å². The molecule has 1 aromatic heterocycles. The predicted molar refractivity (Wildman–Crippen MR) is 89.1 cm³/mol. The molecule has 0 aliphatic carbocycles. The van der Waals surface area contributed by atoms with Crippen molar-refractivity contribution in [2.24, 2.45) is 0 Å². The summed E-state index contributed by atoms with van der Waals surface area (Å²) in [4.78, 5) is 20.3. The predicted octanol–water partition coefficient (Wildman–Crippen LogP) is 1.91. The van der Waals surface area contributed by atoms with E-state index in [1.807, 2.05) is 19.2 Å². The van der Waals surface area contributed by atoms with Gasteiger partial charge in [0.05, 0.1) is 0 Å². The lowest BCUT2D eigenvalue weighted by atomic mass is 10.1. The molecule has 1 atom stereocenters. The molecule has 1 aliphatic heterocycles. The van der Waals surface area contributed by atoms with Gasteiger partial charge in [-0.05, 0) is 24.6 Å². The molecule has 5 nitrogen and oxygen atoms in total. The van der Waals surface area contributed by atoms with E-state index < -0.39 is 17.8 Å². The molecule has 1 aromatic carbocycles. The number of pyridine rings is 1. The lowest BCUT2D eigenvalue weighted by molar-refractivity contribution is -0.141. The quantitative estimate of drug-likeness (QED) is 0.935. The van der Waals surface area contributed by atoms with E-state index in [0.717, 1.165) is 11.3 Å². The van der Waals surface area contributed by atoms with Crippen LogP contribution in [-0.2, 0) is 4.79 Å². The maximum Gasteiger partial charge on any atom is 0.256 e. The minimum Gasteiger partial charge on any atom is -0.378 e. The second-order valence-corrected chi connectivity index (χ2v) is 5.90. The molecule has 24 heavy (non-hydrogen) atoms. The van der Waals surface area contributed by atoms with Crippen molar-refractivity contribution >= 4 is 11.6 Å². The molecule has 2 heterocycles. The summed E-state index contributed by atoms with van der Waals surface area (Å²) in [7, 11) is 0. The number of carbonyl (C=O) groups is 1. The molecule has 1 fully saturated rings. The zero-order valence-electron chi connectivity index (χ0n) is 13.5. The summed E-state index contributed by atoms with van der Waals surface area (Å²) in [6, 6.07) is 7.79. The van der Waals surface area contributed by atoms with E-state index in [-0.39, 0.29) is 5.56 Å². The van der Waals surface area contributed by atoms with E-state index >= 15 is 0 Å². The Bertz CT molecular complexity index is 730. The number of amides is 1. The van der Waals surface area contributed by atoms with Crippen LogP contribution in [0.4, 0.5) is 10.1 Å². The van der Waals surface area contributed by atoms with Crippen LogP contribution >= 0.6 is 0 Å². The third-order valence-corrected chi connectivity index (χ3v) is 4.36. The summed E-state index contributed by atoms with van der Waals surface area (Å²) in [5, 5.41) is 10.2. The topological polar surface area (TPSA) is 56.7 Å². The fraction of sp³-hybridized carbons (Fsp3) is 0.333. The normalized spacial score (nSPS) is 16.1. The number of hydrogen-bond donors (Lipinski definition) is 1. The highest BCUT2D eigenvalue weighted by Crippen LogP contribution is 2.23. The number of piperazine rings is 1. The number of carbonyl (C=O) groups excluding carboxylic acids is 1. The Morgan fingerprint density at radius 2 is 1.92 bits per heavy atom. The molecule has 6 heteroatoms. The standard InChI is InChI=1S/C18H20FN3O2/c1-13-12-20-7-6-16(13)21-8-10-22(11-9-21)18(24)17(23)14-4-2-3-5-15(14)19/h2-7,12,17,23H,8-11H2,1H3/t17-/m0/s1. The van der Waals surface area contributed by atoms with E-state index in [1.165, 1.54) is 18.2 Å². The van der Waals surface area contributed by atoms with Crippen molar-refractivity contribution < 1.29 is 14.3 Å². The van der Waals surface area contributed by atoms with Crippen LogP contribution in [-0.4, -0.2) is 47.1 Å². The maximum atomic E-state index is 13.8. The number of aliphatic hydroxyl groups is 1. The molecule has 1 aliphatic rings. The molecule has 3 rings (SSSR count). The van der Waals surface area contributed by atoms with Gasteiger partial charge < -0.3 is 14.9 Å². The molecule has 1 saturated heterocycles. The molecule has 0 bridgehead atoms. The lowest BCUT2D eigenvalue weighted by Crippen LogP contribution is -2.50. The van der Waals surface area contributed by atoms with Crippen molar-refractivity contribution in [2.45, 2.75) is 13.0 Å². The summed E-state index contributed by atoms with van der Waals surface area (Å²) in [6.07, 6.45) is 2.11. The Kier molecular flexibility index (Phi) is 4.76. The van der Waals surface area contributed by atoms with Gasteiger partial charge in [-0.15, -0.1) is 0 Å². The van der Waals surface area contributed by atoms with Gasteiger partial charge in [0.15, 0.2) is 6.10 Å². The number of nitrogens with zero attached hydrogens (tertiary/aromatic N) is 3. The van der Waals surface area contributed by atoms with Gasteiger partial charge in [0.1, 0.15) is 5.82 Å². The van der Waals surface area contributed by atoms with Gasteiger partial charge in [-0.25, -0.2) is 4.39 Å². The fourth-order valence-electron chi connectivity index (χ4n) is 2.99. The van der Waals surface area contributed by atoms with Crippen LogP contribution in [0, 0.1) is 12.7 Å². The zero-order chi connectivity index (χ0) is 17.1. The Balaban J connectivity index is 1.65. The van der Waals surface area contributed by atoms with Gasteiger partial charge in [0.2, 0.25) is 0 Å². The first-order valence-corrected chi connectivity index (χ1v) is 7.95. The zero-order valence-corrected chi connectivity index (χ0v) is 13.5. The van der Waals surface area contributed by atoms with Gasteiger partial charge in [-0.3, -0.25) is 9.78 Å². The van der Waals surface area contributed by atoms with Crippen LogP contribution in [0.3, 0.4) is 0 Å². The average molecular weight is 329 g/mol. The third-order valence-electron chi connectivity index (χ3n) is 4.36. The molecule has 126 valence electrons. The Labute approximate surface area is 140 Å². The molecule has 0 radical (unpaired) electrons. The molecular formula is C18H20FN3O2. The largest absolute Gasteiger partial charge is 0.378 e. The highest BCUT2D eigenvalue weighted by atomic mass is 19.1. The van der Waals surface area contributed by atoms with E-state index in [0.29, 0.717) is 26.2 Å². The number of aromatic nitrogens is 1. The van der Waals surface area contributed by atoms with Gasteiger partial charge in [-0.2, -0.15) is 0 Å². The number of hydrogen-bond acceptors (Lipinski definition) is 4. The van der Waals surface area contributed by atoms with Crippen molar-refractivity contribution in [2.75, 3.05) is 31.1 Å². The smallest absolute Gasteiger partial charge is 0.256 e. The first-order chi connectivity index (χ1) is 11.6. The van der Waals surface area contributed by atoms with Crippen molar-refractivity contribution in [3.05, 3.63) is 59.7 Å². The summed E-state index contributed by atoms with van der Waals surface area (Å²) < 4.78 is 13.8. The molecule has 1 N–H and O–H groups in total. The number of halogens is 1. The van der Waals surface area contributed by atoms with E-state index in [1.54, 1.807) is 17.2 Å². The second kappa shape index (κ2) is 6.97. The number of aliphatic hydroxyl groups excluding tert-OH is 1. The number of anilines is 1. The van der Waals surface area contributed by atoms with Crippen LogP contribution in [0.2, 0.25) is 0 Å². The van der Waals surface area contributed by atoms with Crippen LogP contribution in [0.15, 0.2) is 42.7 Å². The van der Waals surface area contributed by atoms with Gasteiger partial charge >= 0.3 is 0 Å². The molecular weight excluding hydrogens is 309 g/mol. The summed E-state index contributed by atoms with van der Waals surface area (Å²) >= 11 is 0. The van der Waals surface area contributed by atoms with Crippen molar-refractivity contribution in [1.29, 1.82) is 0 Å². The van der Waals surface area contributed by atoms with E-state index in [9.17, 15) is 14.3 Å². The Morgan fingerprint density at radius 3 is 2.58 bits per heavy atom. The Hall–Kier alpha value is -2.47.